The van der Waals surface area contributed by atoms with E-state index in [0.717, 1.165) is 41.8 Å². The van der Waals surface area contributed by atoms with Gasteiger partial charge in [0.15, 0.2) is 5.82 Å². The first-order valence-electron chi connectivity index (χ1n) is 5.62. The molecule has 0 unspecified atom stereocenters. The van der Waals surface area contributed by atoms with Crippen LogP contribution in [0.2, 0.25) is 4.34 Å². The average molecular weight is 267 g/mol. The van der Waals surface area contributed by atoms with Crippen LogP contribution in [0.15, 0.2) is 16.9 Å². The van der Waals surface area contributed by atoms with E-state index in [1.165, 1.54) is 11.3 Å². The van der Waals surface area contributed by atoms with E-state index in [0.29, 0.717) is 10.2 Å². The summed E-state index contributed by atoms with van der Waals surface area (Å²) in [6.45, 7) is 0. The number of halogens is 1. The van der Waals surface area contributed by atoms with E-state index in [1.807, 2.05) is 12.1 Å². The maximum atomic E-state index is 11.9. The summed E-state index contributed by atoms with van der Waals surface area (Å²) >= 11 is 7.33. The maximum Gasteiger partial charge on any atom is 0.254 e. The second-order valence-corrected chi connectivity index (χ2v) is 5.87. The van der Waals surface area contributed by atoms with Gasteiger partial charge in [0.2, 0.25) is 0 Å². The second kappa shape index (κ2) is 4.27. The molecule has 3 nitrogen and oxygen atoms in total. The fraction of sp³-hybridized carbons (Fsp3) is 0.333. The van der Waals surface area contributed by atoms with Crippen molar-refractivity contribution < 1.29 is 0 Å². The third-order valence-electron chi connectivity index (χ3n) is 3.00. The molecule has 88 valence electrons. The molecule has 0 atom stereocenters. The first-order valence-corrected chi connectivity index (χ1v) is 6.81. The molecule has 0 aromatic carbocycles. The van der Waals surface area contributed by atoms with Gasteiger partial charge in [-0.05, 0) is 37.8 Å². The molecule has 17 heavy (non-hydrogen) atoms. The van der Waals surface area contributed by atoms with Gasteiger partial charge in [0, 0.05) is 5.56 Å². The first kappa shape index (κ1) is 11.0. The number of rotatable bonds is 1. The molecule has 0 bridgehead atoms. The predicted octanol–water partition coefficient (Wildman–Crippen LogP) is 3.03. The lowest BCUT2D eigenvalue weighted by molar-refractivity contribution is 0.658. The molecule has 2 aromatic heterocycles. The van der Waals surface area contributed by atoms with Crippen LogP contribution >= 0.6 is 22.9 Å². The van der Waals surface area contributed by atoms with E-state index in [4.69, 9.17) is 11.6 Å². The number of hydrogen-bond donors (Lipinski definition) is 1. The van der Waals surface area contributed by atoms with Gasteiger partial charge in [-0.1, -0.05) is 11.6 Å². The third kappa shape index (κ3) is 2.03. The highest BCUT2D eigenvalue weighted by Gasteiger charge is 2.16. The summed E-state index contributed by atoms with van der Waals surface area (Å²) in [5, 5.41) is 0. The van der Waals surface area contributed by atoms with Crippen LogP contribution < -0.4 is 5.56 Å². The van der Waals surface area contributed by atoms with Crippen LogP contribution in [-0.4, -0.2) is 9.97 Å². The minimum Gasteiger partial charge on any atom is -0.306 e. The Labute approximate surface area is 107 Å². The van der Waals surface area contributed by atoms with Crippen molar-refractivity contribution in [2.75, 3.05) is 0 Å². The summed E-state index contributed by atoms with van der Waals surface area (Å²) < 4.78 is 0.709. The molecule has 0 saturated heterocycles. The van der Waals surface area contributed by atoms with Gasteiger partial charge in [0.05, 0.1) is 14.9 Å². The number of thiophene rings is 1. The number of aryl methyl sites for hydroxylation is 1. The Kier molecular flexibility index (Phi) is 2.76. The Morgan fingerprint density at radius 2 is 2.12 bits per heavy atom. The molecule has 2 heterocycles. The molecule has 1 aliphatic carbocycles. The van der Waals surface area contributed by atoms with Crippen molar-refractivity contribution >= 4 is 22.9 Å². The lowest BCUT2D eigenvalue weighted by Gasteiger charge is -2.13. The minimum atomic E-state index is 0.00854. The van der Waals surface area contributed by atoms with Crippen molar-refractivity contribution in [2.45, 2.75) is 25.7 Å². The normalized spacial score (nSPS) is 14.6. The van der Waals surface area contributed by atoms with Crippen LogP contribution in [0.5, 0.6) is 0 Å². The smallest absolute Gasteiger partial charge is 0.254 e. The number of nitrogens with one attached hydrogen (secondary N) is 1. The molecule has 0 spiro atoms. The molecule has 0 fully saturated rings. The topological polar surface area (TPSA) is 45.8 Å². The highest BCUT2D eigenvalue weighted by atomic mass is 35.5. The van der Waals surface area contributed by atoms with Crippen molar-refractivity contribution in [3.8, 4) is 10.7 Å². The lowest BCUT2D eigenvalue weighted by Crippen LogP contribution is -2.21. The third-order valence-corrected chi connectivity index (χ3v) is 4.24. The minimum absolute atomic E-state index is 0.00854. The average Bonchev–Trinajstić information content (AvgIpc) is 2.76. The van der Waals surface area contributed by atoms with E-state index in [1.54, 1.807) is 0 Å². The lowest BCUT2D eigenvalue weighted by atomic mass is 9.97. The van der Waals surface area contributed by atoms with Gasteiger partial charge in [-0.15, -0.1) is 11.3 Å². The molecule has 5 heteroatoms. The summed E-state index contributed by atoms with van der Waals surface area (Å²) in [7, 11) is 0. The van der Waals surface area contributed by atoms with Crippen LogP contribution in [0.4, 0.5) is 0 Å². The Balaban J connectivity index is 2.13. The van der Waals surface area contributed by atoms with Crippen LogP contribution in [-0.2, 0) is 12.8 Å². The zero-order valence-corrected chi connectivity index (χ0v) is 10.7. The molecule has 1 aliphatic rings. The molecule has 2 aromatic rings. The van der Waals surface area contributed by atoms with Gasteiger partial charge in [-0.3, -0.25) is 4.79 Å². The highest BCUT2D eigenvalue weighted by Crippen LogP contribution is 2.29. The summed E-state index contributed by atoms with van der Waals surface area (Å²) in [6, 6.07) is 3.71. The molecule has 3 rings (SSSR count). The molecule has 1 N–H and O–H groups in total. The van der Waals surface area contributed by atoms with Crippen molar-refractivity contribution in [2.24, 2.45) is 0 Å². The van der Waals surface area contributed by atoms with Gasteiger partial charge in [0.25, 0.3) is 5.56 Å². The monoisotopic (exact) mass is 266 g/mol. The van der Waals surface area contributed by atoms with E-state index >= 15 is 0 Å². The quantitative estimate of drug-likeness (QED) is 0.862. The molecule has 0 aliphatic heterocycles. The Morgan fingerprint density at radius 1 is 1.29 bits per heavy atom. The molecule has 0 amide bonds. The summed E-state index contributed by atoms with van der Waals surface area (Å²) in [4.78, 5) is 20.3. The zero-order chi connectivity index (χ0) is 11.8. The summed E-state index contributed by atoms with van der Waals surface area (Å²) in [5.41, 5.74) is 1.83. The number of aromatic nitrogens is 2. The largest absolute Gasteiger partial charge is 0.306 e. The number of nitrogens with zero attached hydrogens (tertiary/aromatic N) is 1. The maximum absolute atomic E-state index is 11.9. The van der Waals surface area contributed by atoms with E-state index in [9.17, 15) is 4.79 Å². The Morgan fingerprint density at radius 3 is 2.88 bits per heavy atom. The van der Waals surface area contributed by atoms with Crippen LogP contribution in [0.3, 0.4) is 0 Å². The van der Waals surface area contributed by atoms with E-state index < -0.39 is 0 Å². The SMILES string of the molecule is O=c1[nH]c(-c2ccc(Cl)s2)nc2c1CCCC2. The van der Waals surface area contributed by atoms with Gasteiger partial charge in [-0.2, -0.15) is 0 Å². The molecule has 0 saturated carbocycles. The molecular weight excluding hydrogens is 256 g/mol. The highest BCUT2D eigenvalue weighted by molar-refractivity contribution is 7.19. The standard InChI is InChI=1S/C12H11ClN2OS/c13-10-6-5-9(17-10)11-14-8-4-2-1-3-7(8)12(16)15-11/h5-6H,1-4H2,(H,14,15,16). The molecular formula is C12H11ClN2OS. The number of hydrogen-bond acceptors (Lipinski definition) is 3. The van der Waals surface area contributed by atoms with Crippen molar-refractivity contribution in [3.63, 3.8) is 0 Å². The van der Waals surface area contributed by atoms with E-state index in [2.05, 4.69) is 9.97 Å². The fourth-order valence-electron chi connectivity index (χ4n) is 2.16. The van der Waals surface area contributed by atoms with Gasteiger partial charge in [-0.25, -0.2) is 4.98 Å². The Bertz CT molecular complexity index is 617. The predicted molar refractivity (Wildman–Crippen MR) is 69.8 cm³/mol. The first-order chi connectivity index (χ1) is 8.24. The van der Waals surface area contributed by atoms with Gasteiger partial charge in [0.1, 0.15) is 0 Å². The van der Waals surface area contributed by atoms with E-state index in [-0.39, 0.29) is 5.56 Å². The van der Waals surface area contributed by atoms with Crippen molar-refractivity contribution in [3.05, 3.63) is 38.1 Å². The number of H-pyrrole nitrogens is 1. The number of fused-ring (bicyclic) bond motifs is 1. The second-order valence-electron chi connectivity index (χ2n) is 4.15. The fourth-order valence-corrected chi connectivity index (χ4v) is 3.15. The van der Waals surface area contributed by atoms with Crippen LogP contribution in [0, 0.1) is 0 Å². The summed E-state index contributed by atoms with van der Waals surface area (Å²) in [5.74, 6) is 0.646. The molecule has 0 radical (unpaired) electrons. The Hall–Kier alpha value is -1.13. The number of aromatic amines is 1. The van der Waals surface area contributed by atoms with Crippen LogP contribution in [0.25, 0.3) is 10.7 Å². The zero-order valence-electron chi connectivity index (χ0n) is 9.12. The summed E-state index contributed by atoms with van der Waals surface area (Å²) in [6.07, 6.45) is 3.96. The van der Waals surface area contributed by atoms with Gasteiger partial charge < -0.3 is 4.98 Å². The van der Waals surface area contributed by atoms with Gasteiger partial charge >= 0.3 is 0 Å². The van der Waals surface area contributed by atoms with Crippen LogP contribution in [0.1, 0.15) is 24.1 Å². The van der Waals surface area contributed by atoms with Crippen molar-refractivity contribution in [1.29, 1.82) is 0 Å². The van der Waals surface area contributed by atoms with Crippen molar-refractivity contribution in [1.82, 2.24) is 9.97 Å².